The van der Waals surface area contributed by atoms with Crippen LogP contribution in [-0.2, 0) is 6.54 Å². The summed E-state index contributed by atoms with van der Waals surface area (Å²) in [6, 6.07) is 5.48. The van der Waals surface area contributed by atoms with E-state index in [1.807, 2.05) is 12.1 Å². The molecule has 2 aromatic rings. The number of nitrogens with one attached hydrogen (secondary N) is 2. The predicted molar refractivity (Wildman–Crippen MR) is 94.7 cm³/mol. The van der Waals surface area contributed by atoms with Crippen LogP contribution in [0.3, 0.4) is 0 Å². The van der Waals surface area contributed by atoms with Gasteiger partial charge in [-0.05, 0) is 36.3 Å². The first-order chi connectivity index (χ1) is 10.6. The van der Waals surface area contributed by atoms with Crippen LogP contribution in [0.15, 0.2) is 24.5 Å². The number of aromatic nitrogens is 3. The summed E-state index contributed by atoms with van der Waals surface area (Å²) >= 11 is 17.1. The minimum absolute atomic E-state index is 0.467. The summed E-state index contributed by atoms with van der Waals surface area (Å²) in [6.07, 6.45) is 3.83. The third-order valence-corrected chi connectivity index (χ3v) is 3.89. The van der Waals surface area contributed by atoms with Crippen molar-refractivity contribution in [1.29, 1.82) is 0 Å². The number of rotatable bonds is 6. The summed E-state index contributed by atoms with van der Waals surface area (Å²) in [6.45, 7) is 3.53. The zero-order chi connectivity index (χ0) is 15.9. The molecule has 1 aromatic carbocycles. The molecule has 1 aromatic heterocycles. The maximum atomic E-state index is 6.00. The van der Waals surface area contributed by atoms with Crippen LogP contribution in [-0.4, -0.2) is 26.4 Å². The Morgan fingerprint density at radius 3 is 2.86 bits per heavy atom. The van der Waals surface area contributed by atoms with E-state index in [1.165, 1.54) is 0 Å². The molecule has 118 valence electrons. The first-order valence-corrected chi connectivity index (χ1v) is 8.13. The molecule has 0 fully saturated rings. The monoisotopic (exact) mass is 357 g/mol. The highest BCUT2D eigenvalue weighted by Gasteiger charge is 2.05. The normalized spacial score (nSPS) is 10.5. The molecule has 22 heavy (non-hydrogen) atoms. The number of halogens is 2. The van der Waals surface area contributed by atoms with Crippen LogP contribution in [0.5, 0.6) is 0 Å². The van der Waals surface area contributed by atoms with Crippen molar-refractivity contribution < 1.29 is 0 Å². The van der Waals surface area contributed by atoms with Gasteiger partial charge in [0.1, 0.15) is 6.33 Å². The minimum Gasteiger partial charge on any atom is -0.362 e. The molecule has 0 aliphatic carbocycles. The second-order valence-electron chi connectivity index (χ2n) is 4.75. The lowest BCUT2D eigenvalue weighted by Crippen LogP contribution is -2.29. The molecule has 0 spiro atoms. The van der Waals surface area contributed by atoms with Crippen LogP contribution in [0.4, 0.5) is 5.95 Å². The average molecular weight is 358 g/mol. The van der Waals surface area contributed by atoms with Gasteiger partial charge in [-0.1, -0.05) is 42.6 Å². The lowest BCUT2D eigenvalue weighted by molar-refractivity contribution is 0.687. The standard InChI is InChI=1S/C14H17Cl2N5S/c1-2-3-6-17-14(22)19-13-18-9-21(20-13)8-10-4-5-11(15)12(16)7-10/h4-5,7,9H,2-3,6,8H2,1H3,(H2,17,19,20,22). The van der Waals surface area contributed by atoms with Crippen LogP contribution >= 0.6 is 35.4 Å². The molecule has 0 amide bonds. The number of thiocarbonyl (C=S) groups is 1. The van der Waals surface area contributed by atoms with Gasteiger partial charge in [0.25, 0.3) is 0 Å². The van der Waals surface area contributed by atoms with Crippen molar-refractivity contribution in [3.05, 3.63) is 40.1 Å². The average Bonchev–Trinajstić information content (AvgIpc) is 2.90. The van der Waals surface area contributed by atoms with E-state index < -0.39 is 0 Å². The molecule has 2 N–H and O–H groups in total. The molecule has 0 bridgehead atoms. The van der Waals surface area contributed by atoms with E-state index in [2.05, 4.69) is 27.6 Å². The summed E-state index contributed by atoms with van der Waals surface area (Å²) in [5, 5.41) is 12.0. The third-order valence-electron chi connectivity index (χ3n) is 2.91. The zero-order valence-corrected chi connectivity index (χ0v) is 14.5. The van der Waals surface area contributed by atoms with Gasteiger partial charge in [-0.2, -0.15) is 0 Å². The Kier molecular flexibility index (Phi) is 6.42. The van der Waals surface area contributed by atoms with E-state index >= 15 is 0 Å². The fourth-order valence-electron chi connectivity index (χ4n) is 1.78. The van der Waals surface area contributed by atoms with E-state index in [-0.39, 0.29) is 0 Å². The summed E-state index contributed by atoms with van der Waals surface area (Å²) in [5.74, 6) is 0.467. The Bertz CT molecular complexity index is 644. The van der Waals surface area contributed by atoms with Crippen LogP contribution < -0.4 is 10.6 Å². The summed E-state index contributed by atoms with van der Waals surface area (Å²) < 4.78 is 1.70. The maximum Gasteiger partial charge on any atom is 0.248 e. The summed E-state index contributed by atoms with van der Waals surface area (Å²) in [4.78, 5) is 4.17. The molecule has 8 heteroatoms. The largest absolute Gasteiger partial charge is 0.362 e. The van der Waals surface area contributed by atoms with Crippen molar-refractivity contribution in [3.8, 4) is 0 Å². The first kappa shape index (κ1) is 17.0. The van der Waals surface area contributed by atoms with Gasteiger partial charge in [-0.25, -0.2) is 9.67 Å². The molecule has 1 heterocycles. The molecule has 5 nitrogen and oxygen atoms in total. The number of anilines is 1. The van der Waals surface area contributed by atoms with E-state index in [9.17, 15) is 0 Å². The van der Waals surface area contributed by atoms with Crippen molar-refractivity contribution in [2.45, 2.75) is 26.3 Å². The number of benzene rings is 1. The smallest absolute Gasteiger partial charge is 0.248 e. The van der Waals surface area contributed by atoms with Crippen molar-refractivity contribution in [1.82, 2.24) is 20.1 Å². The lowest BCUT2D eigenvalue weighted by Gasteiger charge is -2.06. The Labute approximate surface area is 145 Å². The van der Waals surface area contributed by atoms with Gasteiger partial charge in [-0.3, -0.25) is 5.32 Å². The van der Waals surface area contributed by atoms with Crippen LogP contribution in [0.25, 0.3) is 0 Å². The SMILES string of the molecule is CCCCNC(=S)Nc1ncn(Cc2ccc(Cl)c(Cl)c2)n1. The third kappa shape index (κ3) is 5.12. The first-order valence-electron chi connectivity index (χ1n) is 6.96. The topological polar surface area (TPSA) is 54.8 Å². The lowest BCUT2D eigenvalue weighted by atomic mass is 10.2. The van der Waals surface area contributed by atoms with Crippen molar-refractivity contribution in [3.63, 3.8) is 0 Å². The van der Waals surface area contributed by atoms with E-state index in [1.54, 1.807) is 17.1 Å². The molecule has 0 aliphatic rings. The van der Waals surface area contributed by atoms with Crippen molar-refractivity contribution >= 4 is 46.5 Å². The highest BCUT2D eigenvalue weighted by molar-refractivity contribution is 7.80. The number of hydrogen-bond acceptors (Lipinski definition) is 3. The van der Waals surface area contributed by atoms with Gasteiger partial charge in [0.05, 0.1) is 16.6 Å². The van der Waals surface area contributed by atoms with Crippen LogP contribution in [0.2, 0.25) is 10.0 Å². The highest BCUT2D eigenvalue weighted by atomic mass is 35.5. The molecule has 0 atom stereocenters. The molecule has 0 unspecified atom stereocenters. The minimum atomic E-state index is 0.467. The molecule has 0 aliphatic heterocycles. The number of hydrogen-bond donors (Lipinski definition) is 2. The molecular formula is C14H17Cl2N5S. The quantitative estimate of drug-likeness (QED) is 0.609. The molecule has 0 saturated carbocycles. The zero-order valence-electron chi connectivity index (χ0n) is 12.1. The van der Waals surface area contributed by atoms with Gasteiger partial charge < -0.3 is 5.32 Å². The molecule has 2 rings (SSSR count). The Morgan fingerprint density at radius 1 is 1.32 bits per heavy atom. The second-order valence-corrected chi connectivity index (χ2v) is 5.97. The van der Waals surface area contributed by atoms with Gasteiger partial charge in [0.15, 0.2) is 5.11 Å². The van der Waals surface area contributed by atoms with E-state index in [4.69, 9.17) is 35.4 Å². The summed E-state index contributed by atoms with van der Waals surface area (Å²) in [5.41, 5.74) is 0.995. The Morgan fingerprint density at radius 2 is 2.14 bits per heavy atom. The second kappa shape index (κ2) is 8.31. The number of unbranched alkanes of at least 4 members (excludes halogenated alkanes) is 1. The van der Waals surface area contributed by atoms with Crippen LogP contribution in [0.1, 0.15) is 25.3 Å². The molecule has 0 radical (unpaired) electrons. The Hall–Kier alpha value is -1.37. The van der Waals surface area contributed by atoms with Gasteiger partial charge in [0.2, 0.25) is 5.95 Å². The Balaban J connectivity index is 1.90. The highest BCUT2D eigenvalue weighted by Crippen LogP contribution is 2.22. The van der Waals surface area contributed by atoms with Crippen molar-refractivity contribution in [2.75, 3.05) is 11.9 Å². The fraction of sp³-hybridized carbons (Fsp3) is 0.357. The maximum absolute atomic E-state index is 6.00. The van der Waals surface area contributed by atoms with E-state index in [0.717, 1.165) is 24.9 Å². The van der Waals surface area contributed by atoms with E-state index in [0.29, 0.717) is 27.7 Å². The fourth-order valence-corrected chi connectivity index (χ4v) is 2.29. The molecule has 0 saturated heterocycles. The molecular weight excluding hydrogens is 341 g/mol. The van der Waals surface area contributed by atoms with Gasteiger partial charge in [0, 0.05) is 6.54 Å². The number of nitrogens with zero attached hydrogens (tertiary/aromatic N) is 3. The van der Waals surface area contributed by atoms with Crippen LogP contribution in [0, 0.1) is 0 Å². The summed E-state index contributed by atoms with van der Waals surface area (Å²) in [7, 11) is 0. The predicted octanol–water partition coefficient (Wildman–Crippen LogP) is 3.72. The van der Waals surface area contributed by atoms with Gasteiger partial charge >= 0.3 is 0 Å². The van der Waals surface area contributed by atoms with Crippen molar-refractivity contribution in [2.24, 2.45) is 0 Å². The van der Waals surface area contributed by atoms with Gasteiger partial charge in [-0.15, -0.1) is 5.10 Å².